The third kappa shape index (κ3) is 3.17. The molecule has 0 unspecified atom stereocenters. The van der Waals surface area contributed by atoms with Gasteiger partial charge in [0.25, 0.3) is 0 Å². The lowest BCUT2D eigenvalue weighted by atomic mass is 9.85. The van der Waals surface area contributed by atoms with Gasteiger partial charge in [0.1, 0.15) is 11.6 Å². The average molecular weight is 352 g/mol. The third-order valence-corrected chi connectivity index (χ3v) is 5.03. The Morgan fingerprint density at radius 3 is 2.69 bits per heavy atom. The van der Waals surface area contributed by atoms with Crippen LogP contribution in [-0.2, 0) is 0 Å². The number of benzene rings is 1. The van der Waals surface area contributed by atoms with Crippen molar-refractivity contribution < 1.29 is 4.74 Å². The summed E-state index contributed by atoms with van der Waals surface area (Å²) >= 11 is 0. The van der Waals surface area contributed by atoms with Crippen LogP contribution in [0.2, 0.25) is 0 Å². The zero-order chi connectivity index (χ0) is 18.1. The highest BCUT2D eigenvalue weighted by Gasteiger charge is 2.23. The predicted molar refractivity (Wildman–Crippen MR) is 103 cm³/mol. The van der Waals surface area contributed by atoms with Crippen molar-refractivity contribution in [3.63, 3.8) is 0 Å². The molecule has 4 rings (SSSR count). The van der Waals surface area contributed by atoms with E-state index in [1.807, 2.05) is 30.5 Å². The second-order valence-corrected chi connectivity index (χ2v) is 6.85. The zero-order valence-electron chi connectivity index (χ0n) is 14.9. The lowest BCUT2D eigenvalue weighted by molar-refractivity contribution is 0.391. The highest BCUT2D eigenvalue weighted by atomic mass is 16.5. The van der Waals surface area contributed by atoms with Gasteiger partial charge in [0.2, 0.25) is 0 Å². The summed E-state index contributed by atoms with van der Waals surface area (Å²) in [7, 11) is 1.65. The fraction of sp³-hybridized carbons (Fsp3) is 0.368. The molecule has 1 aliphatic carbocycles. The minimum absolute atomic E-state index is 0.319. The van der Waals surface area contributed by atoms with Crippen LogP contribution in [0.1, 0.15) is 37.3 Å². The van der Waals surface area contributed by atoms with Crippen molar-refractivity contribution in [3.05, 3.63) is 42.2 Å². The van der Waals surface area contributed by atoms with Crippen LogP contribution in [0.4, 0.5) is 17.2 Å². The van der Waals surface area contributed by atoms with E-state index in [1.54, 1.807) is 17.7 Å². The molecular weight excluding hydrogens is 328 g/mol. The van der Waals surface area contributed by atoms with Crippen LogP contribution >= 0.6 is 0 Å². The first-order valence-electron chi connectivity index (χ1n) is 8.95. The molecule has 0 radical (unpaired) electrons. The smallest absolute Gasteiger partial charge is 0.177 e. The van der Waals surface area contributed by atoms with Gasteiger partial charge in [0, 0.05) is 18.0 Å². The zero-order valence-corrected chi connectivity index (χ0v) is 14.9. The fourth-order valence-electron chi connectivity index (χ4n) is 3.61. The fourth-order valence-corrected chi connectivity index (χ4v) is 3.61. The molecule has 0 saturated heterocycles. The molecule has 5 N–H and O–H groups in total. The Hall–Kier alpha value is -2.80. The first kappa shape index (κ1) is 16.7. The van der Waals surface area contributed by atoms with Gasteiger partial charge in [-0.15, -0.1) is 5.10 Å². The lowest BCUT2D eigenvalue weighted by Crippen LogP contribution is -2.25. The summed E-state index contributed by atoms with van der Waals surface area (Å²) in [6.45, 7) is 0. The number of ether oxygens (including phenoxy) is 1. The molecule has 3 aromatic rings. The van der Waals surface area contributed by atoms with Crippen LogP contribution in [0, 0.1) is 0 Å². The molecule has 7 nitrogen and oxygen atoms in total. The van der Waals surface area contributed by atoms with E-state index in [2.05, 4.69) is 10.4 Å². The molecule has 0 bridgehead atoms. The molecule has 26 heavy (non-hydrogen) atoms. The minimum atomic E-state index is 0.319. The van der Waals surface area contributed by atoms with Crippen molar-refractivity contribution in [1.29, 1.82) is 0 Å². The number of anilines is 3. The Balaban J connectivity index is 1.70. The van der Waals surface area contributed by atoms with Crippen LogP contribution in [0.3, 0.4) is 0 Å². The Morgan fingerprint density at radius 1 is 1.15 bits per heavy atom. The molecule has 0 atom stereocenters. The summed E-state index contributed by atoms with van der Waals surface area (Å²) in [6, 6.07) is 9.87. The number of rotatable bonds is 4. The molecule has 1 aromatic carbocycles. The van der Waals surface area contributed by atoms with Crippen LogP contribution in [0.5, 0.6) is 5.75 Å². The van der Waals surface area contributed by atoms with Gasteiger partial charge < -0.3 is 21.5 Å². The second-order valence-electron chi connectivity index (χ2n) is 6.85. The van der Waals surface area contributed by atoms with E-state index in [0.717, 1.165) is 54.1 Å². The topological polar surface area (TPSA) is 103 Å². The Kier molecular flexibility index (Phi) is 4.38. The van der Waals surface area contributed by atoms with Gasteiger partial charge >= 0.3 is 0 Å². The van der Waals surface area contributed by atoms with Crippen molar-refractivity contribution in [1.82, 2.24) is 14.6 Å². The van der Waals surface area contributed by atoms with Gasteiger partial charge in [-0.3, -0.25) is 0 Å². The van der Waals surface area contributed by atoms with E-state index >= 15 is 0 Å². The summed E-state index contributed by atoms with van der Waals surface area (Å²) in [6.07, 6.45) is 6.20. The van der Waals surface area contributed by atoms with E-state index in [4.69, 9.17) is 21.2 Å². The standard InChI is InChI=1S/C19H24N6O/c1-26-17-5-3-2-4-14(17)22-15-10-18(21)24-25-11-16(23-19(15)25)12-6-8-13(20)9-7-12/h2-5,10-13,22H,6-9,20H2,1H3,(H2,21,24)/t12-,13-. The van der Waals surface area contributed by atoms with Gasteiger partial charge in [-0.25, -0.2) is 9.50 Å². The normalized spacial score (nSPS) is 20.2. The maximum atomic E-state index is 6.03. The van der Waals surface area contributed by atoms with E-state index in [-0.39, 0.29) is 0 Å². The number of methoxy groups -OCH3 is 1. The van der Waals surface area contributed by atoms with Crippen molar-refractivity contribution in [2.45, 2.75) is 37.6 Å². The second kappa shape index (κ2) is 6.84. The van der Waals surface area contributed by atoms with E-state index in [1.165, 1.54) is 0 Å². The summed E-state index contributed by atoms with van der Waals surface area (Å²) in [5.74, 6) is 1.62. The maximum absolute atomic E-state index is 6.03. The number of para-hydroxylation sites is 2. The molecule has 1 aliphatic rings. The number of imidazole rings is 1. The number of fused-ring (bicyclic) bond motifs is 1. The monoisotopic (exact) mass is 352 g/mol. The van der Waals surface area contributed by atoms with Crippen LogP contribution in [0.25, 0.3) is 5.65 Å². The van der Waals surface area contributed by atoms with Gasteiger partial charge in [-0.05, 0) is 37.8 Å². The molecule has 136 valence electrons. The number of nitrogens with two attached hydrogens (primary N) is 2. The highest BCUT2D eigenvalue weighted by Crippen LogP contribution is 2.34. The van der Waals surface area contributed by atoms with Crippen molar-refractivity contribution >= 4 is 22.8 Å². The Bertz CT molecular complexity index is 914. The van der Waals surface area contributed by atoms with Crippen LogP contribution in [0.15, 0.2) is 36.5 Å². The first-order valence-corrected chi connectivity index (χ1v) is 8.95. The molecule has 1 saturated carbocycles. The molecule has 0 aliphatic heterocycles. The molecule has 7 heteroatoms. The quantitative estimate of drug-likeness (QED) is 0.667. The number of nitrogens with zero attached hydrogens (tertiary/aromatic N) is 3. The van der Waals surface area contributed by atoms with Gasteiger partial charge in [0.05, 0.1) is 30.4 Å². The Labute approximate surface area is 152 Å². The van der Waals surface area contributed by atoms with Crippen LogP contribution in [-0.4, -0.2) is 27.7 Å². The van der Waals surface area contributed by atoms with Gasteiger partial charge in [0.15, 0.2) is 5.65 Å². The number of nitrogens with one attached hydrogen (secondary N) is 1. The van der Waals surface area contributed by atoms with Gasteiger partial charge in [-0.1, -0.05) is 12.1 Å². The number of hydrogen-bond acceptors (Lipinski definition) is 6. The van der Waals surface area contributed by atoms with Crippen molar-refractivity contribution in [2.24, 2.45) is 5.73 Å². The van der Waals surface area contributed by atoms with Gasteiger partial charge in [-0.2, -0.15) is 0 Å². The summed E-state index contributed by atoms with van der Waals surface area (Å²) < 4.78 is 7.18. The van der Waals surface area contributed by atoms with Crippen molar-refractivity contribution in [3.8, 4) is 5.75 Å². The number of hydrogen-bond donors (Lipinski definition) is 3. The molecule has 1 fully saturated rings. The summed E-state index contributed by atoms with van der Waals surface area (Å²) in [5, 5.41) is 7.77. The predicted octanol–water partition coefficient (Wildman–Crippen LogP) is 3.05. The first-order chi connectivity index (χ1) is 12.6. The Morgan fingerprint density at radius 2 is 1.92 bits per heavy atom. The van der Waals surface area contributed by atoms with Crippen molar-refractivity contribution in [2.75, 3.05) is 18.2 Å². The van der Waals surface area contributed by atoms with Crippen LogP contribution < -0.4 is 21.5 Å². The van der Waals surface area contributed by atoms with E-state index in [9.17, 15) is 0 Å². The third-order valence-electron chi connectivity index (χ3n) is 5.03. The minimum Gasteiger partial charge on any atom is -0.495 e. The average Bonchev–Trinajstić information content (AvgIpc) is 3.07. The molecular formula is C19H24N6O. The maximum Gasteiger partial charge on any atom is 0.177 e. The lowest BCUT2D eigenvalue weighted by Gasteiger charge is -2.24. The molecule has 2 heterocycles. The largest absolute Gasteiger partial charge is 0.495 e. The number of aromatic nitrogens is 3. The molecule has 0 amide bonds. The molecule has 0 spiro atoms. The SMILES string of the molecule is COc1ccccc1Nc1cc(N)nn2cc([C@H]3CC[C@H](N)CC3)nc12. The molecule has 2 aromatic heterocycles. The highest BCUT2D eigenvalue weighted by molar-refractivity contribution is 5.77. The summed E-state index contributed by atoms with van der Waals surface area (Å²) in [4.78, 5) is 4.85. The van der Waals surface area contributed by atoms with E-state index in [0.29, 0.717) is 17.8 Å². The number of nitrogen functional groups attached to an aromatic ring is 1. The summed E-state index contributed by atoms with van der Waals surface area (Å²) in [5.41, 5.74) is 15.5. The van der Waals surface area contributed by atoms with E-state index < -0.39 is 0 Å².